The maximum Gasteiger partial charge on any atom is 0.315 e. The number of hydrogen-bond acceptors (Lipinski definition) is 4. The molecule has 0 aliphatic carbocycles. The maximum atomic E-state index is 12.5. The van der Waals surface area contributed by atoms with Crippen LogP contribution in [0.3, 0.4) is 0 Å². The van der Waals surface area contributed by atoms with E-state index in [1.54, 1.807) is 11.2 Å². The van der Waals surface area contributed by atoms with Gasteiger partial charge in [-0.3, -0.25) is 9.69 Å². The highest BCUT2D eigenvalue weighted by Gasteiger charge is 2.33. The highest BCUT2D eigenvalue weighted by molar-refractivity contribution is 6.01. The molecular weight excluding hydrogens is 332 g/mol. The molecule has 1 saturated heterocycles. The van der Waals surface area contributed by atoms with Crippen LogP contribution in [0.25, 0.3) is 0 Å². The molecule has 2 aromatic rings. The predicted molar refractivity (Wildman–Crippen MR) is 98.9 cm³/mol. The molecule has 0 spiro atoms. The summed E-state index contributed by atoms with van der Waals surface area (Å²) in [4.78, 5) is 28.5. The number of amides is 3. The first-order valence-electron chi connectivity index (χ1n) is 8.67. The second-order valence-corrected chi connectivity index (χ2v) is 6.52. The summed E-state index contributed by atoms with van der Waals surface area (Å²) in [5, 5.41) is 5.61. The number of anilines is 1. The Kier molecular flexibility index (Phi) is 5.58. The van der Waals surface area contributed by atoms with E-state index in [0.717, 1.165) is 11.4 Å². The number of nitrogens with zero attached hydrogens (tertiary/aromatic N) is 2. The SMILES string of the molecule is CN(C)C(CNC(=O)NC1CCN(c2ccccc2)C1=O)c1ccco1. The number of furan rings is 1. The number of benzene rings is 1. The topological polar surface area (TPSA) is 77.8 Å². The molecule has 138 valence electrons. The highest BCUT2D eigenvalue weighted by Crippen LogP contribution is 2.21. The van der Waals surface area contributed by atoms with Crippen molar-refractivity contribution in [3.05, 3.63) is 54.5 Å². The zero-order valence-electron chi connectivity index (χ0n) is 15.0. The van der Waals surface area contributed by atoms with Crippen LogP contribution in [0.4, 0.5) is 10.5 Å². The van der Waals surface area contributed by atoms with Crippen molar-refractivity contribution in [3.63, 3.8) is 0 Å². The van der Waals surface area contributed by atoms with Crippen molar-refractivity contribution in [2.75, 3.05) is 32.1 Å². The van der Waals surface area contributed by atoms with Crippen LogP contribution in [0.2, 0.25) is 0 Å². The monoisotopic (exact) mass is 356 g/mol. The van der Waals surface area contributed by atoms with Crippen molar-refractivity contribution >= 4 is 17.6 Å². The van der Waals surface area contributed by atoms with E-state index in [9.17, 15) is 9.59 Å². The van der Waals surface area contributed by atoms with Gasteiger partial charge >= 0.3 is 6.03 Å². The summed E-state index contributed by atoms with van der Waals surface area (Å²) >= 11 is 0. The number of para-hydroxylation sites is 1. The molecule has 3 amide bonds. The van der Waals surface area contributed by atoms with Crippen LogP contribution in [0, 0.1) is 0 Å². The number of urea groups is 1. The summed E-state index contributed by atoms with van der Waals surface area (Å²) in [6.45, 7) is 0.982. The van der Waals surface area contributed by atoms with Crippen LogP contribution >= 0.6 is 0 Å². The van der Waals surface area contributed by atoms with Gasteiger partial charge in [0.15, 0.2) is 0 Å². The first-order chi connectivity index (χ1) is 12.6. The minimum Gasteiger partial charge on any atom is -0.468 e. The van der Waals surface area contributed by atoms with Crippen LogP contribution in [0.15, 0.2) is 53.1 Å². The van der Waals surface area contributed by atoms with E-state index in [1.165, 1.54) is 0 Å². The molecular formula is C19H24N4O3. The van der Waals surface area contributed by atoms with Crippen molar-refractivity contribution in [2.24, 2.45) is 0 Å². The normalized spacial score (nSPS) is 18.2. The zero-order valence-corrected chi connectivity index (χ0v) is 15.0. The quantitative estimate of drug-likeness (QED) is 0.830. The summed E-state index contributed by atoms with van der Waals surface area (Å²) in [6, 6.07) is 12.3. The first-order valence-corrected chi connectivity index (χ1v) is 8.67. The van der Waals surface area contributed by atoms with Gasteiger partial charge in [0.1, 0.15) is 11.8 Å². The minimum atomic E-state index is -0.503. The molecule has 1 aromatic carbocycles. The van der Waals surface area contributed by atoms with Crippen molar-refractivity contribution < 1.29 is 14.0 Å². The molecule has 2 atom stereocenters. The lowest BCUT2D eigenvalue weighted by Gasteiger charge is -2.23. The third-order valence-corrected chi connectivity index (χ3v) is 4.53. The Labute approximate surface area is 153 Å². The average Bonchev–Trinajstić information content (AvgIpc) is 3.27. The molecule has 2 unspecified atom stereocenters. The van der Waals surface area contributed by atoms with Crippen LogP contribution in [-0.4, -0.2) is 50.1 Å². The van der Waals surface area contributed by atoms with E-state index in [-0.39, 0.29) is 18.0 Å². The summed E-state index contributed by atoms with van der Waals surface area (Å²) in [6.07, 6.45) is 2.21. The average molecular weight is 356 g/mol. The largest absolute Gasteiger partial charge is 0.468 e. The number of carbonyl (C=O) groups excluding carboxylic acids is 2. The second kappa shape index (κ2) is 8.05. The van der Waals surface area contributed by atoms with Crippen LogP contribution < -0.4 is 15.5 Å². The first kappa shape index (κ1) is 18.0. The molecule has 0 saturated carbocycles. The molecule has 7 nitrogen and oxygen atoms in total. The number of carbonyl (C=O) groups is 2. The van der Waals surface area contributed by atoms with E-state index in [2.05, 4.69) is 10.6 Å². The molecule has 1 aliphatic rings. The van der Waals surface area contributed by atoms with Crippen molar-refractivity contribution in [1.82, 2.24) is 15.5 Å². The smallest absolute Gasteiger partial charge is 0.315 e. The van der Waals surface area contributed by atoms with Gasteiger partial charge in [-0.25, -0.2) is 4.79 Å². The Morgan fingerprint density at radius 3 is 2.69 bits per heavy atom. The van der Waals surface area contributed by atoms with Crippen LogP contribution in [0.5, 0.6) is 0 Å². The van der Waals surface area contributed by atoms with Gasteiger partial charge in [-0.15, -0.1) is 0 Å². The van der Waals surface area contributed by atoms with E-state index < -0.39 is 6.04 Å². The fraction of sp³-hybridized carbons (Fsp3) is 0.368. The predicted octanol–water partition coefficient (Wildman–Crippen LogP) is 1.99. The minimum absolute atomic E-state index is 0.0733. The molecule has 0 bridgehead atoms. The Morgan fingerprint density at radius 2 is 2.04 bits per heavy atom. The molecule has 1 fully saturated rings. The molecule has 7 heteroatoms. The zero-order chi connectivity index (χ0) is 18.5. The molecule has 2 N–H and O–H groups in total. The number of nitrogens with one attached hydrogen (secondary N) is 2. The number of likely N-dealkylation sites (N-methyl/N-ethyl adjacent to an activating group) is 1. The van der Waals surface area contributed by atoms with Gasteiger partial charge in [0.05, 0.1) is 12.3 Å². The Morgan fingerprint density at radius 1 is 1.27 bits per heavy atom. The molecule has 1 aromatic heterocycles. The second-order valence-electron chi connectivity index (χ2n) is 6.52. The van der Waals surface area contributed by atoms with Gasteiger partial charge in [-0.1, -0.05) is 18.2 Å². The van der Waals surface area contributed by atoms with E-state index in [4.69, 9.17) is 4.42 Å². The van der Waals surface area contributed by atoms with E-state index in [0.29, 0.717) is 19.5 Å². The summed E-state index contributed by atoms with van der Waals surface area (Å²) in [5.74, 6) is 0.698. The van der Waals surface area contributed by atoms with E-state index >= 15 is 0 Å². The summed E-state index contributed by atoms with van der Waals surface area (Å²) in [5.41, 5.74) is 0.854. The van der Waals surface area contributed by atoms with Crippen LogP contribution in [-0.2, 0) is 4.79 Å². The lowest BCUT2D eigenvalue weighted by molar-refractivity contribution is -0.118. The highest BCUT2D eigenvalue weighted by atomic mass is 16.3. The summed E-state index contributed by atoms with van der Waals surface area (Å²) in [7, 11) is 3.84. The van der Waals surface area contributed by atoms with Crippen molar-refractivity contribution in [2.45, 2.75) is 18.5 Å². The standard InChI is InChI=1S/C19H24N4O3/c1-22(2)16(17-9-6-12-26-17)13-20-19(25)21-15-10-11-23(18(15)24)14-7-4-3-5-8-14/h3-9,12,15-16H,10-11,13H2,1-2H3,(H2,20,21,25). The molecule has 2 heterocycles. The van der Waals surface area contributed by atoms with Gasteiger partial charge in [-0.2, -0.15) is 0 Å². The lowest BCUT2D eigenvalue weighted by atomic mass is 10.2. The van der Waals surface area contributed by atoms with Gasteiger partial charge in [-0.05, 0) is 44.8 Å². The number of hydrogen-bond donors (Lipinski definition) is 2. The molecule has 0 radical (unpaired) electrons. The third-order valence-electron chi connectivity index (χ3n) is 4.53. The van der Waals surface area contributed by atoms with Crippen molar-refractivity contribution in [1.29, 1.82) is 0 Å². The lowest BCUT2D eigenvalue weighted by Crippen LogP contribution is -2.47. The van der Waals surface area contributed by atoms with Gasteiger partial charge in [0, 0.05) is 18.8 Å². The Bertz CT molecular complexity index is 731. The molecule has 26 heavy (non-hydrogen) atoms. The van der Waals surface area contributed by atoms with Crippen LogP contribution in [0.1, 0.15) is 18.2 Å². The van der Waals surface area contributed by atoms with Gasteiger partial charge in [0.2, 0.25) is 5.91 Å². The third kappa shape index (κ3) is 4.05. The summed E-state index contributed by atoms with van der Waals surface area (Å²) < 4.78 is 5.43. The molecule has 1 aliphatic heterocycles. The van der Waals surface area contributed by atoms with Crippen molar-refractivity contribution in [3.8, 4) is 0 Å². The molecule has 3 rings (SSSR count). The fourth-order valence-electron chi connectivity index (χ4n) is 3.10. The maximum absolute atomic E-state index is 12.5. The Hall–Kier alpha value is -2.80. The van der Waals surface area contributed by atoms with Gasteiger partial charge < -0.3 is 20.0 Å². The Balaban J connectivity index is 1.53. The van der Waals surface area contributed by atoms with Gasteiger partial charge in [0.25, 0.3) is 0 Å². The number of rotatable bonds is 6. The fourth-order valence-corrected chi connectivity index (χ4v) is 3.10. The van der Waals surface area contributed by atoms with E-state index in [1.807, 2.05) is 61.5 Å².